The molecule has 66 valence electrons. The molecule has 0 aliphatic heterocycles. The molecule has 1 aromatic carbocycles. The maximum atomic E-state index is 12.5. The first-order valence-electron chi connectivity index (χ1n) is 3.62. The smallest absolute Gasteiger partial charge is 0.123 e. The molecule has 0 amide bonds. The summed E-state index contributed by atoms with van der Waals surface area (Å²) < 4.78 is 17.7. The van der Waals surface area contributed by atoms with Crippen molar-refractivity contribution in [3.8, 4) is 0 Å². The summed E-state index contributed by atoms with van der Waals surface area (Å²) in [5.41, 5.74) is 0.982. The Hall–Kier alpha value is -0.410. The highest BCUT2D eigenvalue weighted by Crippen LogP contribution is 2.18. The molecule has 1 unspecified atom stereocenters. The van der Waals surface area contributed by atoms with Crippen molar-refractivity contribution in [1.82, 2.24) is 0 Å². The van der Waals surface area contributed by atoms with Gasteiger partial charge in [-0.2, -0.15) is 0 Å². The molecular formula is C9H10BrFO. The Kier molecular flexibility index (Phi) is 3.69. The SMILES string of the molecule is COC(CBr)c1ccc(F)cc1. The van der Waals surface area contributed by atoms with Gasteiger partial charge in [-0.1, -0.05) is 28.1 Å². The summed E-state index contributed by atoms with van der Waals surface area (Å²) in [6, 6.07) is 6.32. The maximum Gasteiger partial charge on any atom is 0.123 e. The lowest BCUT2D eigenvalue weighted by molar-refractivity contribution is 0.124. The van der Waals surface area contributed by atoms with Gasteiger partial charge in [0.1, 0.15) is 5.82 Å². The Bertz CT molecular complexity index is 231. The number of ether oxygens (including phenoxy) is 1. The summed E-state index contributed by atoms with van der Waals surface area (Å²) in [6.45, 7) is 0. The van der Waals surface area contributed by atoms with Gasteiger partial charge in [0.25, 0.3) is 0 Å². The zero-order valence-electron chi connectivity index (χ0n) is 6.76. The van der Waals surface area contributed by atoms with Crippen LogP contribution in [0.3, 0.4) is 0 Å². The number of benzene rings is 1. The predicted molar refractivity (Wildman–Crippen MR) is 49.9 cm³/mol. The summed E-state index contributed by atoms with van der Waals surface area (Å²) in [5.74, 6) is -0.219. The van der Waals surface area contributed by atoms with Gasteiger partial charge in [0.2, 0.25) is 0 Å². The second-order valence-corrected chi connectivity index (χ2v) is 3.08. The van der Waals surface area contributed by atoms with Gasteiger partial charge in [-0.25, -0.2) is 4.39 Å². The Morgan fingerprint density at radius 2 is 2.00 bits per heavy atom. The van der Waals surface area contributed by atoms with Crippen LogP contribution in [0.5, 0.6) is 0 Å². The van der Waals surface area contributed by atoms with Crippen molar-refractivity contribution >= 4 is 15.9 Å². The summed E-state index contributed by atoms with van der Waals surface area (Å²) in [4.78, 5) is 0. The first-order valence-corrected chi connectivity index (χ1v) is 4.74. The molecule has 0 saturated carbocycles. The van der Waals surface area contributed by atoms with Crippen LogP contribution in [0.4, 0.5) is 4.39 Å². The molecule has 0 aromatic heterocycles. The van der Waals surface area contributed by atoms with Crippen molar-refractivity contribution in [3.05, 3.63) is 35.6 Å². The standard InChI is InChI=1S/C9H10BrFO/c1-12-9(6-10)7-2-4-8(11)5-3-7/h2-5,9H,6H2,1H3. The third-order valence-electron chi connectivity index (χ3n) is 1.67. The molecule has 0 heterocycles. The fraction of sp³-hybridized carbons (Fsp3) is 0.333. The van der Waals surface area contributed by atoms with Crippen molar-refractivity contribution in [2.75, 3.05) is 12.4 Å². The number of hydrogen-bond acceptors (Lipinski definition) is 1. The second kappa shape index (κ2) is 4.58. The van der Waals surface area contributed by atoms with Crippen LogP contribution in [0, 0.1) is 5.82 Å². The minimum absolute atomic E-state index is 0.00519. The Labute approximate surface area is 79.7 Å². The van der Waals surface area contributed by atoms with E-state index in [1.165, 1.54) is 12.1 Å². The highest BCUT2D eigenvalue weighted by atomic mass is 79.9. The zero-order chi connectivity index (χ0) is 8.97. The molecule has 0 aliphatic rings. The van der Waals surface area contributed by atoms with E-state index in [4.69, 9.17) is 4.74 Å². The third kappa shape index (κ3) is 2.29. The quantitative estimate of drug-likeness (QED) is 0.729. The molecule has 1 atom stereocenters. The maximum absolute atomic E-state index is 12.5. The molecule has 0 aliphatic carbocycles. The monoisotopic (exact) mass is 232 g/mol. The molecule has 0 N–H and O–H groups in total. The normalized spacial score (nSPS) is 12.9. The van der Waals surface area contributed by atoms with Crippen LogP contribution in [0.15, 0.2) is 24.3 Å². The zero-order valence-corrected chi connectivity index (χ0v) is 8.34. The van der Waals surface area contributed by atoms with E-state index >= 15 is 0 Å². The van der Waals surface area contributed by atoms with Crippen LogP contribution in [0.2, 0.25) is 0 Å². The largest absolute Gasteiger partial charge is 0.376 e. The fourth-order valence-electron chi connectivity index (χ4n) is 0.966. The lowest BCUT2D eigenvalue weighted by atomic mass is 10.1. The van der Waals surface area contributed by atoms with Gasteiger partial charge in [-0.05, 0) is 17.7 Å². The minimum Gasteiger partial charge on any atom is -0.376 e. The Balaban J connectivity index is 2.80. The van der Waals surface area contributed by atoms with E-state index in [0.29, 0.717) is 0 Å². The van der Waals surface area contributed by atoms with Crippen LogP contribution < -0.4 is 0 Å². The Morgan fingerprint density at radius 3 is 2.42 bits per heavy atom. The highest BCUT2D eigenvalue weighted by Gasteiger charge is 2.07. The van der Waals surface area contributed by atoms with Gasteiger partial charge in [-0.15, -0.1) is 0 Å². The average molecular weight is 233 g/mol. The van der Waals surface area contributed by atoms with Crippen molar-refractivity contribution in [3.63, 3.8) is 0 Å². The number of halogens is 2. The van der Waals surface area contributed by atoms with Gasteiger partial charge < -0.3 is 4.74 Å². The van der Waals surface area contributed by atoms with E-state index in [1.807, 2.05) is 0 Å². The van der Waals surface area contributed by atoms with E-state index in [9.17, 15) is 4.39 Å². The topological polar surface area (TPSA) is 9.23 Å². The summed E-state index contributed by atoms with van der Waals surface area (Å²) in [7, 11) is 1.63. The van der Waals surface area contributed by atoms with Crippen LogP contribution in [0.25, 0.3) is 0 Å². The minimum atomic E-state index is -0.219. The molecular weight excluding hydrogens is 223 g/mol. The second-order valence-electron chi connectivity index (χ2n) is 2.43. The average Bonchev–Trinajstić information content (AvgIpc) is 2.10. The van der Waals surface area contributed by atoms with Crippen LogP contribution >= 0.6 is 15.9 Å². The van der Waals surface area contributed by atoms with E-state index in [0.717, 1.165) is 10.9 Å². The molecule has 0 saturated heterocycles. The number of methoxy groups -OCH3 is 1. The van der Waals surface area contributed by atoms with E-state index in [-0.39, 0.29) is 11.9 Å². The lowest BCUT2D eigenvalue weighted by Crippen LogP contribution is -2.02. The molecule has 0 radical (unpaired) electrons. The van der Waals surface area contributed by atoms with Crippen LogP contribution in [0.1, 0.15) is 11.7 Å². The first kappa shape index (κ1) is 9.68. The molecule has 0 spiro atoms. The molecule has 12 heavy (non-hydrogen) atoms. The van der Waals surface area contributed by atoms with Crippen LogP contribution in [-0.2, 0) is 4.74 Å². The lowest BCUT2D eigenvalue weighted by Gasteiger charge is -2.11. The van der Waals surface area contributed by atoms with Gasteiger partial charge in [0, 0.05) is 12.4 Å². The molecule has 1 nitrogen and oxygen atoms in total. The predicted octanol–water partition coefficient (Wildman–Crippen LogP) is 2.91. The van der Waals surface area contributed by atoms with Gasteiger partial charge in [0.15, 0.2) is 0 Å². The number of alkyl halides is 1. The summed E-state index contributed by atoms with van der Waals surface area (Å²) >= 11 is 3.31. The first-order chi connectivity index (χ1) is 5.77. The van der Waals surface area contributed by atoms with E-state index in [1.54, 1.807) is 19.2 Å². The third-order valence-corrected chi connectivity index (χ3v) is 2.25. The summed E-state index contributed by atoms with van der Waals surface area (Å²) in [5, 5.41) is 0.717. The number of hydrogen-bond donors (Lipinski definition) is 0. The van der Waals surface area contributed by atoms with Crippen molar-refractivity contribution in [2.45, 2.75) is 6.10 Å². The van der Waals surface area contributed by atoms with Crippen molar-refractivity contribution in [1.29, 1.82) is 0 Å². The molecule has 3 heteroatoms. The van der Waals surface area contributed by atoms with Crippen molar-refractivity contribution < 1.29 is 9.13 Å². The van der Waals surface area contributed by atoms with E-state index < -0.39 is 0 Å². The van der Waals surface area contributed by atoms with Gasteiger partial charge in [0.05, 0.1) is 6.10 Å². The fourth-order valence-corrected chi connectivity index (χ4v) is 1.60. The van der Waals surface area contributed by atoms with E-state index in [2.05, 4.69) is 15.9 Å². The highest BCUT2D eigenvalue weighted by molar-refractivity contribution is 9.09. The summed E-state index contributed by atoms with van der Waals surface area (Å²) in [6.07, 6.45) is 0.00519. The molecule has 1 rings (SSSR count). The molecule has 1 aromatic rings. The molecule has 0 fully saturated rings. The van der Waals surface area contributed by atoms with Gasteiger partial charge >= 0.3 is 0 Å². The van der Waals surface area contributed by atoms with Crippen LogP contribution in [-0.4, -0.2) is 12.4 Å². The Morgan fingerprint density at radius 1 is 1.42 bits per heavy atom. The van der Waals surface area contributed by atoms with Crippen molar-refractivity contribution in [2.24, 2.45) is 0 Å². The number of rotatable bonds is 3. The van der Waals surface area contributed by atoms with Gasteiger partial charge in [-0.3, -0.25) is 0 Å². The molecule has 0 bridgehead atoms.